The maximum absolute atomic E-state index is 11.3. The van der Waals surface area contributed by atoms with E-state index in [9.17, 15) is 4.79 Å². The van der Waals surface area contributed by atoms with E-state index in [0.29, 0.717) is 12.5 Å². The number of nitrogens with zero attached hydrogens (tertiary/aromatic N) is 1. The molecule has 0 saturated heterocycles. The van der Waals surface area contributed by atoms with Gasteiger partial charge in [0.15, 0.2) is 0 Å². The highest BCUT2D eigenvalue weighted by Gasteiger charge is 2.13. The normalized spacial score (nSPS) is 12.9. The minimum atomic E-state index is 0.194. The van der Waals surface area contributed by atoms with Crippen LogP contribution in [-0.2, 0) is 4.79 Å². The largest absolute Gasteiger partial charge is 0.349 e. The first-order chi connectivity index (χ1) is 7.02. The van der Waals surface area contributed by atoms with Crippen LogP contribution >= 0.6 is 0 Å². The van der Waals surface area contributed by atoms with Gasteiger partial charge in [0.05, 0.1) is 0 Å². The maximum Gasteiger partial charge on any atom is 0.223 e. The summed E-state index contributed by atoms with van der Waals surface area (Å²) < 4.78 is 0. The Labute approximate surface area is 94.2 Å². The lowest BCUT2D eigenvalue weighted by atomic mass is 9.95. The lowest BCUT2D eigenvalue weighted by molar-refractivity contribution is -0.128. The Kier molecular flexibility index (Phi) is 7.39. The van der Waals surface area contributed by atoms with E-state index < -0.39 is 0 Å². The molecular weight excluding hydrogens is 188 g/mol. The Bertz CT molecular complexity index is 176. The van der Waals surface area contributed by atoms with Crippen LogP contribution in [0.2, 0.25) is 0 Å². The van der Waals surface area contributed by atoms with Gasteiger partial charge in [0.2, 0.25) is 5.91 Å². The van der Waals surface area contributed by atoms with E-state index >= 15 is 0 Å². The number of carbonyl (C=O) groups is 1. The van der Waals surface area contributed by atoms with Gasteiger partial charge in [-0.1, -0.05) is 26.7 Å². The molecule has 1 unspecified atom stereocenters. The number of hydrogen-bond acceptors (Lipinski definition) is 2. The third-order valence-corrected chi connectivity index (χ3v) is 3.06. The van der Waals surface area contributed by atoms with Crippen molar-refractivity contribution < 1.29 is 4.79 Å². The molecule has 0 aromatic carbocycles. The molecule has 0 fully saturated rings. The SMILES string of the molecule is CCC(CC)C(C)NCCC(=O)N(C)C. The molecule has 3 nitrogen and oxygen atoms in total. The summed E-state index contributed by atoms with van der Waals surface area (Å²) in [5, 5.41) is 3.42. The quantitative estimate of drug-likeness (QED) is 0.702. The summed E-state index contributed by atoms with van der Waals surface area (Å²) in [7, 11) is 3.60. The molecule has 0 aromatic heterocycles. The van der Waals surface area contributed by atoms with E-state index in [4.69, 9.17) is 0 Å². The van der Waals surface area contributed by atoms with E-state index in [2.05, 4.69) is 26.1 Å². The topological polar surface area (TPSA) is 32.3 Å². The van der Waals surface area contributed by atoms with E-state index in [1.165, 1.54) is 12.8 Å². The summed E-state index contributed by atoms with van der Waals surface area (Å²) in [5.74, 6) is 0.915. The smallest absolute Gasteiger partial charge is 0.223 e. The summed E-state index contributed by atoms with van der Waals surface area (Å²) in [6, 6.07) is 0.509. The fourth-order valence-electron chi connectivity index (χ4n) is 1.79. The first kappa shape index (κ1) is 14.4. The number of amides is 1. The van der Waals surface area contributed by atoms with Gasteiger partial charge >= 0.3 is 0 Å². The average Bonchev–Trinajstić information content (AvgIpc) is 2.19. The highest BCUT2D eigenvalue weighted by Crippen LogP contribution is 2.12. The molecule has 0 radical (unpaired) electrons. The Balaban J connectivity index is 3.71. The zero-order valence-electron chi connectivity index (χ0n) is 10.8. The maximum atomic E-state index is 11.3. The first-order valence-electron chi connectivity index (χ1n) is 5.96. The molecule has 0 aliphatic rings. The number of carbonyl (C=O) groups excluding carboxylic acids is 1. The molecule has 0 aromatic rings. The van der Waals surface area contributed by atoms with Gasteiger partial charge in [-0.2, -0.15) is 0 Å². The summed E-state index contributed by atoms with van der Waals surface area (Å²) in [5.41, 5.74) is 0. The van der Waals surface area contributed by atoms with Crippen molar-refractivity contribution in [3.63, 3.8) is 0 Å². The number of nitrogens with one attached hydrogen (secondary N) is 1. The van der Waals surface area contributed by atoms with Gasteiger partial charge in [0.25, 0.3) is 0 Å². The van der Waals surface area contributed by atoms with E-state index in [0.717, 1.165) is 12.5 Å². The highest BCUT2D eigenvalue weighted by molar-refractivity contribution is 5.75. The number of rotatable bonds is 7. The Morgan fingerprint density at radius 2 is 1.80 bits per heavy atom. The van der Waals surface area contributed by atoms with E-state index in [1.54, 1.807) is 19.0 Å². The monoisotopic (exact) mass is 214 g/mol. The van der Waals surface area contributed by atoms with Crippen LogP contribution in [0.25, 0.3) is 0 Å². The van der Waals surface area contributed by atoms with Crippen LogP contribution in [0.1, 0.15) is 40.0 Å². The second-order valence-electron chi connectivity index (χ2n) is 4.36. The second-order valence-corrected chi connectivity index (χ2v) is 4.36. The fraction of sp³-hybridized carbons (Fsp3) is 0.917. The predicted octanol–water partition coefficient (Wildman–Crippen LogP) is 1.88. The molecule has 0 saturated carbocycles. The van der Waals surface area contributed by atoms with Crippen molar-refractivity contribution in [1.82, 2.24) is 10.2 Å². The van der Waals surface area contributed by atoms with Crippen LogP contribution in [0.3, 0.4) is 0 Å². The highest BCUT2D eigenvalue weighted by atomic mass is 16.2. The van der Waals surface area contributed by atoms with Crippen LogP contribution in [0.4, 0.5) is 0 Å². The molecule has 0 aliphatic carbocycles. The molecule has 0 bridgehead atoms. The van der Waals surface area contributed by atoms with Crippen LogP contribution in [0.15, 0.2) is 0 Å². The molecule has 15 heavy (non-hydrogen) atoms. The summed E-state index contributed by atoms with van der Waals surface area (Å²) in [6.07, 6.45) is 3.00. The molecule has 1 atom stereocenters. The van der Waals surface area contributed by atoms with Gasteiger partial charge in [-0.25, -0.2) is 0 Å². The Morgan fingerprint density at radius 1 is 1.27 bits per heavy atom. The molecule has 90 valence electrons. The second kappa shape index (κ2) is 7.69. The standard InChI is InChI=1S/C12H26N2O/c1-6-11(7-2)10(3)13-9-8-12(15)14(4)5/h10-11,13H,6-9H2,1-5H3. The third kappa shape index (κ3) is 5.78. The van der Waals surface area contributed by atoms with Crippen LogP contribution in [-0.4, -0.2) is 37.5 Å². The van der Waals surface area contributed by atoms with Gasteiger partial charge in [-0.3, -0.25) is 4.79 Å². The van der Waals surface area contributed by atoms with Crippen LogP contribution in [0, 0.1) is 5.92 Å². The summed E-state index contributed by atoms with van der Waals surface area (Å²) in [4.78, 5) is 13.0. The van der Waals surface area contributed by atoms with Crippen LogP contribution < -0.4 is 5.32 Å². The summed E-state index contributed by atoms with van der Waals surface area (Å²) >= 11 is 0. The lowest BCUT2D eigenvalue weighted by Gasteiger charge is -2.22. The first-order valence-corrected chi connectivity index (χ1v) is 5.96. The molecule has 3 heteroatoms. The average molecular weight is 214 g/mol. The van der Waals surface area contributed by atoms with Gasteiger partial charge in [0.1, 0.15) is 0 Å². The van der Waals surface area contributed by atoms with Crippen molar-refractivity contribution in [2.75, 3.05) is 20.6 Å². The Hall–Kier alpha value is -0.570. The zero-order chi connectivity index (χ0) is 11.8. The molecule has 1 N–H and O–H groups in total. The molecule has 0 heterocycles. The number of hydrogen-bond donors (Lipinski definition) is 1. The lowest BCUT2D eigenvalue weighted by Crippen LogP contribution is -2.36. The van der Waals surface area contributed by atoms with Crippen molar-refractivity contribution in [3.8, 4) is 0 Å². The predicted molar refractivity (Wildman–Crippen MR) is 64.8 cm³/mol. The van der Waals surface area contributed by atoms with E-state index in [1.807, 2.05) is 0 Å². The molecular formula is C12H26N2O. The zero-order valence-corrected chi connectivity index (χ0v) is 10.8. The molecule has 0 rings (SSSR count). The van der Waals surface area contributed by atoms with Gasteiger partial charge in [0, 0.05) is 33.1 Å². The van der Waals surface area contributed by atoms with Gasteiger partial charge < -0.3 is 10.2 Å². The van der Waals surface area contributed by atoms with Crippen molar-refractivity contribution in [2.24, 2.45) is 5.92 Å². The van der Waals surface area contributed by atoms with Crippen molar-refractivity contribution >= 4 is 5.91 Å². The van der Waals surface area contributed by atoms with E-state index in [-0.39, 0.29) is 5.91 Å². The molecule has 1 amide bonds. The van der Waals surface area contributed by atoms with Crippen molar-refractivity contribution in [1.29, 1.82) is 0 Å². The van der Waals surface area contributed by atoms with Crippen LogP contribution in [0.5, 0.6) is 0 Å². The Morgan fingerprint density at radius 3 is 2.20 bits per heavy atom. The minimum absolute atomic E-state index is 0.194. The summed E-state index contributed by atoms with van der Waals surface area (Å²) in [6.45, 7) is 7.43. The van der Waals surface area contributed by atoms with Crippen molar-refractivity contribution in [2.45, 2.75) is 46.1 Å². The van der Waals surface area contributed by atoms with Gasteiger partial charge in [-0.15, -0.1) is 0 Å². The third-order valence-electron chi connectivity index (χ3n) is 3.06. The van der Waals surface area contributed by atoms with Crippen molar-refractivity contribution in [3.05, 3.63) is 0 Å². The molecule has 0 spiro atoms. The molecule has 0 aliphatic heterocycles. The minimum Gasteiger partial charge on any atom is -0.349 e. The fourth-order valence-corrected chi connectivity index (χ4v) is 1.79. The van der Waals surface area contributed by atoms with Gasteiger partial charge in [-0.05, 0) is 12.8 Å².